The summed E-state index contributed by atoms with van der Waals surface area (Å²) in [6.45, 7) is 10.5. The van der Waals surface area contributed by atoms with E-state index in [0.29, 0.717) is 18.8 Å². The molecule has 2 heterocycles. The molecule has 0 bridgehead atoms. The van der Waals surface area contributed by atoms with E-state index in [1.807, 2.05) is 24.7 Å². The molecule has 2 rings (SSSR count). The van der Waals surface area contributed by atoms with Crippen LogP contribution in [-0.4, -0.2) is 46.5 Å². The van der Waals surface area contributed by atoms with Gasteiger partial charge in [0.25, 0.3) is 0 Å². The lowest BCUT2D eigenvalue weighted by Crippen LogP contribution is -2.35. The number of urea groups is 1. The number of amides is 2. The number of carbonyl (C=O) groups excluding carboxylic acids is 1. The largest absolute Gasteiger partial charge is 0.376 e. The molecule has 0 aromatic carbocycles. The van der Waals surface area contributed by atoms with Gasteiger partial charge in [-0.3, -0.25) is 4.68 Å². The van der Waals surface area contributed by atoms with Gasteiger partial charge in [0.2, 0.25) is 0 Å². The highest BCUT2D eigenvalue weighted by atomic mass is 16.5. The van der Waals surface area contributed by atoms with E-state index in [1.54, 1.807) is 11.1 Å². The van der Waals surface area contributed by atoms with Gasteiger partial charge in [0.1, 0.15) is 0 Å². The van der Waals surface area contributed by atoms with E-state index in [1.165, 1.54) is 0 Å². The summed E-state index contributed by atoms with van der Waals surface area (Å²) >= 11 is 0. The van der Waals surface area contributed by atoms with Crippen LogP contribution in [0.4, 0.5) is 10.5 Å². The van der Waals surface area contributed by atoms with Gasteiger partial charge in [0.15, 0.2) is 0 Å². The van der Waals surface area contributed by atoms with Crippen molar-refractivity contribution in [2.45, 2.75) is 39.3 Å². The molecule has 1 aromatic rings. The van der Waals surface area contributed by atoms with Crippen molar-refractivity contribution in [3.8, 4) is 0 Å². The van der Waals surface area contributed by atoms with Gasteiger partial charge >= 0.3 is 6.03 Å². The van der Waals surface area contributed by atoms with Crippen LogP contribution in [0.25, 0.3) is 0 Å². The normalized spacial score (nSPS) is 17.7. The SMILES string of the molecule is C=C(C)CN(CC)C(=O)Nc1cnn(C[C@@H]2CCCO2)c1. The Morgan fingerprint density at radius 1 is 1.67 bits per heavy atom. The second kappa shape index (κ2) is 7.26. The minimum Gasteiger partial charge on any atom is -0.376 e. The van der Waals surface area contributed by atoms with Gasteiger partial charge in [0.05, 0.1) is 24.5 Å². The Kier molecular flexibility index (Phi) is 5.38. The topological polar surface area (TPSA) is 59.4 Å². The van der Waals surface area contributed by atoms with Gasteiger partial charge < -0.3 is 15.0 Å². The summed E-state index contributed by atoms with van der Waals surface area (Å²) in [4.78, 5) is 13.9. The summed E-state index contributed by atoms with van der Waals surface area (Å²) in [5.41, 5.74) is 1.67. The minimum atomic E-state index is -0.128. The van der Waals surface area contributed by atoms with Crippen molar-refractivity contribution in [3.05, 3.63) is 24.5 Å². The zero-order valence-corrected chi connectivity index (χ0v) is 12.8. The molecule has 0 unspecified atom stereocenters. The zero-order chi connectivity index (χ0) is 15.2. The van der Waals surface area contributed by atoms with Crippen LogP contribution in [-0.2, 0) is 11.3 Å². The molecule has 0 radical (unpaired) electrons. The second-order valence-corrected chi connectivity index (χ2v) is 5.49. The Labute approximate surface area is 125 Å². The molecule has 1 saturated heterocycles. The van der Waals surface area contributed by atoms with Crippen LogP contribution in [0.15, 0.2) is 24.5 Å². The predicted molar refractivity (Wildman–Crippen MR) is 82.3 cm³/mol. The molecule has 6 nitrogen and oxygen atoms in total. The molecule has 1 aliphatic rings. The first-order chi connectivity index (χ1) is 10.1. The molecule has 1 N–H and O–H groups in total. The molecule has 6 heteroatoms. The van der Waals surface area contributed by atoms with Gasteiger partial charge in [-0.2, -0.15) is 5.10 Å². The first-order valence-corrected chi connectivity index (χ1v) is 7.43. The van der Waals surface area contributed by atoms with Crippen LogP contribution in [0.3, 0.4) is 0 Å². The molecular weight excluding hydrogens is 268 g/mol. The highest BCUT2D eigenvalue weighted by molar-refractivity contribution is 5.89. The third kappa shape index (κ3) is 4.60. The third-order valence-electron chi connectivity index (χ3n) is 3.43. The lowest BCUT2D eigenvalue weighted by atomic mass is 10.2. The molecule has 0 spiro atoms. The predicted octanol–water partition coefficient (Wildman–Crippen LogP) is 2.49. The van der Waals surface area contributed by atoms with Crippen molar-refractivity contribution in [3.63, 3.8) is 0 Å². The molecule has 2 amide bonds. The summed E-state index contributed by atoms with van der Waals surface area (Å²) in [5.74, 6) is 0. The number of nitrogens with zero attached hydrogens (tertiary/aromatic N) is 3. The average Bonchev–Trinajstić information content (AvgIpc) is 3.08. The fourth-order valence-electron chi connectivity index (χ4n) is 2.38. The Morgan fingerprint density at radius 3 is 3.10 bits per heavy atom. The van der Waals surface area contributed by atoms with Crippen molar-refractivity contribution < 1.29 is 9.53 Å². The highest BCUT2D eigenvalue weighted by Crippen LogP contribution is 2.15. The maximum atomic E-state index is 12.1. The highest BCUT2D eigenvalue weighted by Gasteiger charge is 2.17. The van der Waals surface area contributed by atoms with E-state index in [9.17, 15) is 4.79 Å². The number of ether oxygens (including phenoxy) is 1. The molecule has 1 aliphatic heterocycles. The van der Waals surface area contributed by atoms with Crippen molar-refractivity contribution in [2.24, 2.45) is 0 Å². The lowest BCUT2D eigenvalue weighted by Gasteiger charge is -2.20. The first kappa shape index (κ1) is 15.6. The smallest absolute Gasteiger partial charge is 0.322 e. The van der Waals surface area contributed by atoms with Crippen LogP contribution in [0.5, 0.6) is 0 Å². The fourth-order valence-corrected chi connectivity index (χ4v) is 2.38. The standard InChI is InChI=1S/C15H24N4O2/c1-4-18(9-12(2)3)15(20)17-13-8-16-19(10-13)11-14-6-5-7-21-14/h8,10,14H,2,4-7,9,11H2,1,3H3,(H,17,20)/t14-/m0/s1. The van der Waals surface area contributed by atoms with E-state index < -0.39 is 0 Å². The number of hydrogen-bond donors (Lipinski definition) is 1. The number of nitrogens with one attached hydrogen (secondary N) is 1. The van der Waals surface area contributed by atoms with E-state index >= 15 is 0 Å². The molecule has 0 aliphatic carbocycles. The zero-order valence-electron chi connectivity index (χ0n) is 12.8. The summed E-state index contributed by atoms with van der Waals surface area (Å²) in [6, 6.07) is -0.128. The van der Waals surface area contributed by atoms with Gasteiger partial charge in [-0.05, 0) is 26.7 Å². The monoisotopic (exact) mass is 292 g/mol. The number of likely N-dealkylation sites (N-methyl/N-ethyl adjacent to an activating group) is 1. The number of anilines is 1. The molecular formula is C15H24N4O2. The third-order valence-corrected chi connectivity index (χ3v) is 3.43. The van der Waals surface area contributed by atoms with Crippen molar-refractivity contribution in [2.75, 3.05) is 25.0 Å². The lowest BCUT2D eigenvalue weighted by molar-refractivity contribution is 0.0940. The van der Waals surface area contributed by atoms with Crippen LogP contribution in [0.1, 0.15) is 26.7 Å². The molecule has 1 atom stereocenters. The first-order valence-electron chi connectivity index (χ1n) is 7.43. The Bertz CT molecular complexity index is 492. The second-order valence-electron chi connectivity index (χ2n) is 5.49. The van der Waals surface area contributed by atoms with Crippen LogP contribution >= 0.6 is 0 Å². The Morgan fingerprint density at radius 2 is 2.48 bits per heavy atom. The van der Waals surface area contributed by atoms with Gasteiger partial charge in [0, 0.05) is 25.9 Å². The Balaban J connectivity index is 1.88. The quantitative estimate of drug-likeness (QED) is 0.819. The van der Waals surface area contributed by atoms with Crippen molar-refractivity contribution in [1.29, 1.82) is 0 Å². The summed E-state index contributed by atoms with van der Waals surface area (Å²) in [5, 5.41) is 7.13. The van der Waals surface area contributed by atoms with Crippen LogP contribution < -0.4 is 5.32 Å². The van der Waals surface area contributed by atoms with Crippen LogP contribution in [0.2, 0.25) is 0 Å². The van der Waals surface area contributed by atoms with E-state index in [4.69, 9.17) is 4.74 Å². The average molecular weight is 292 g/mol. The van der Waals surface area contributed by atoms with E-state index in [0.717, 1.165) is 31.6 Å². The molecule has 1 aromatic heterocycles. The number of aromatic nitrogens is 2. The fraction of sp³-hybridized carbons (Fsp3) is 0.600. The minimum absolute atomic E-state index is 0.128. The molecule has 0 saturated carbocycles. The van der Waals surface area contributed by atoms with E-state index in [-0.39, 0.29) is 12.1 Å². The summed E-state index contributed by atoms with van der Waals surface area (Å²) < 4.78 is 7.40. The maximum absolute atomic E-state index is 12.1. The van der Waals surface area contributed by atoms with Gasteiger partial charge in [-0.25, -0.2) is 4.79 Å². The molecule has 21 heavy (non-hydrogen) atoms. The number of carbonyl (C=O) groups is 1. The summed E-state index contributed by atoms with van der Waals surface area (Å²) in [7, 11) is 0. The van der Waals surface area contributed by atoms with Gasteiger partial charge in [-0.1, -0.05) is 12.2 Å². The summed E-state index contributed by atoms with van der Waals surface area (Å²) in [6.07, 6.45) is 5.94. The molecule has 1 fully saturated rings. The number of rotatable bonds is 6. The van der Waals surface area contributed by atoms with Crippen molar-refractivity contribution >= 4 is 11.7 Å². The van der Waals surface area contributed by atoms with E-state index in [2.05, 4.69) is 17.0 Å². The maximum Gasteiger partial charge on any atom is 0.322 e. The molecule has 116 valence electrons. The number of hydrogen-bond acceptors (Lipinski definition) is 3. The Hall–Kier alpha value is -1.82. The van der Waals surface area contributed by atoms with Crippen LogP contribution in [0, 0.1) is 0 Å². The van der Waals surface area contributed by atoms with Crippen molar-refractivity contribution in [1.82, 2.24) is 14.7 Å². The van der Waals surface area contributed by atoms with Gasteiger partial charge in [-0.15, -0.1) is 0 Å².